The number of hydrogen-bond donors (Lipinski definition) is 1. The lowest BCUT2D eigenvalue weighted by atomic mass is 10.2. The number of hydrogen-bond acceptors (Lipinski definition) is 4. The second-order valence-electron chi connectivity index (χ2n) is 4.02. The molecule has 0 aromatic heterocycles. The predicted octanol–water partition coefficient (Wildman–Crippen LogP) is 3.43. The zero-order valence-electron chi connectivity index (χ0n) is 10.4. The molecule has 0 saturated heterocycles. The van der Waals surface area contributed by atoms with Crippen LogP contribution in [-0.4, -0.2) is 24.9 Å². The van der Waals surface area contributed by atoms with Crippen LogP contribution in [0.4, 0.5) is 0 Å². The molecule has 0 radical (unpaired) electrons. The zero-order valence-corrected chi connectivity index (χ0v) is 12.8. The van der Waals surface area contributed by atoms with Gasteiger partial charge in [0.15, 0.2) is 5.17 Å². The Morgan fingerprint density at radius 2 is 2.39 bits per heavy atom. The first-order valence-corrected chi connectivity index (χ1v) is 7.90. The van der Waals surface area contributed by atoms with Gasteiger partial charge in [-0.15, -0.1) is 0 Å². The van der Waals surface area contributed by atoms with E-state index in [1.165, 1.54) is 5.56 Å². The van der Waals surface area contributed by atoms with Crippen molar-refractivity contribution in [3.8, 4) is 5.75 Å². The van der Waals surface area contributed by atoms with Gasteiger partial charge in [-0.25, -0.2) is 0 Å². The first-order valence-electron chi connectivity index (χ1n) is 6.12. The highest BCUT2D eigenvalue weighted by Crippen LogP contribution is 2.28. The van der Waals surface area contributed by atoms with Crippen LogP contribution < -0.4 is 10.1 Å². The molecule has 18 heavy (non-hydrogen) atoms. The van der Waals surface area contributed by atoms with Gasteiger partial charge in [-0.2, -0.15) is 0 Å². The van der Waals surface area contributed by atoms with Gasteiger partial charge in [-0.3, -0.25) is 4.99 Å². The average Bonchev–Trinajstić information content (AvgIpc) is 2.88. The Kier molecular flexibility index (Phi) is 5.38. The van der Waals surface area contributed by atoms with E-state index < -0.39 is 0 Å². The Balaban J connectivity index is 1.91. The highest BCUT2D eigenvalue weighted by atomic mass is 79.9. The fourth-order valence-corrected chi connectivity index (χ4v) is 3.00. The minimum Gasteiger partial charge on any atom is -0.492 e. The van der Waals surface area contributed by atoms with E-state index in [1.807, 2.05) is 6.07 Å². The fraction of sp³-hybridized carbons (Fsp3) is 0.462. The lowest BCUT2D eigenvalue weighted by Crippen LogP contribution is -2.14. The Morgan fingerprint density at radius 1 is 1.50 bits per heavy atom. The van der Waals surface area contributed by atoms with Gasteiger partial charge < -0.3 is 10.1 Å². The van der Waals surface area contributed by atoms with E-state index in [1.54, 1.807) is 11.8 Å². The Morgan fingerprint density at radius 3 is 3.06 bits per heavy atom. The highest BCUT2D eigenvalue weighted by Gasteiger charge is 2.07. The molecule has 5 heteroatoms. The SMILES string of the molecule is CCCOc1ccc(CSC2=NCCN2)cc1Br. The maximum atomic E-state index is 5.63. The fourth-order valence-electron chi connectivity index (χ4n) is 1.59. The molecule has 0 unspecified atom stereocenters. The number of halogens is 1. The Bertz CT molecular complexity index is 437. The number of nitrogens with zero attached hydrogens (tertiary/aromatic N) is 1. The van der Waals surface area contributed by atoms with Crippen LogP contribution >= 0.6 is 27.7 Å². The molecule has 2 rings (SSSR count). The van der Waals surface area contributed by atoms with E-state index in [9.17, 15) is 0 Å². The lowest BCUT2D eigenvalue weighted by Gasteiger charge is -2.09. The zero-order chi connectivity index (χ0) is 12.8. The molecule has 0 fully saturated rings. The summed E-state index contributed by atoms with van der Waals surface area (Å²) in [5.74, 6) is 1.85. The number of thioether (sulfide) groups is 1. The van der Waals surface area contributed by atoms with Crippen molar-refractivity contribution in [2.24, 2.45) is 4.99 Å². The molecule has 1 aliphatic heterocycles. The van der Waals surface area contributed by atoms with Gasteiger partial charge in [0, 0.05) is 12.3 Å². The number of amidine groups is 1. The molecule has 0 bridgehead atoms. The molecule has 0 amide bonds. The number of nitrogens with one attached hydrogen (secondary N) is 1. The molecule has 1 heterocycles. The predicted molar refractivity (Wildman–Crippen MR) is 81.5 cm³/mol. The molecule has 0 saturated carbocycles. The lowest BCUT2D eigenvalue weighted by molar-refractivity contribution is 0.315. The van der Waals surface area contributed by atoms with Gasteiger partial charge in [0.25, 0.3) is 0 Å². The summed E-state index contributed by atoms with van der Waals surface area (Å²) in [6.45, 7) is 4.73. The Hall–Kier alpha value is -0.680. The van der Waals surface area contributed by atoms with E-state index in [2.05, 4.69) is 45.3 Å². The van der Waals surface area contributed by atoms with Crippen molar-refractivity contribution in [1.29, 1.82) is 0 Å². The van der Waals surface area contributed by atoms with Crippen LogP contribution in [0.5, 0.6) is 5.75 Å². The summed E-state index contributed by atoms with van der Waals surface area (Å²) in [5, 5.41) is 4.31. The summed E-state index contributed by atoms with van der Waals surface area (Å²) in [6, 6.07) is 6.26. The van der Waals surface area contributed by atoms with Gasteiger partial charge in [0.05, 0.1) is 17.6 Å². The molecular formula is C13H17BrN2OS. The number of rotatable bonds is 5. The van der Waals surface area contributed by atoms with Gasteiger partial charge in [0.1, 0.15) is 5.75 Å². The van der Waals surface area contributed by atoms with Crippen LogP contribution in [-0.2, 0) is 5.75 Å². The molecule has 1 N–H and O–H groups in total. The standard InChI is InChI=1S/C13H17BrN2OS/c1-2-7-17-12-4-3-10(8-11(12)14)9-18-13-15-5-6-16-13/h3-4,8H,2,5-7,9H2,1H3,(H,15,16). The summed E-state index contributed by atoms with van der Waals surface area (Å²) in [7, 11) is 0. The monoisotopic (exact) mass is 328 g/mol. The molecule has 1 aromatic rings. The smallest absolute Gasteiger partial charge is 0.157 e. The molecular weight excluding hydrogens is 312 g/mol. The molecule has 0 aliphatic carbocycles. The van der Waals surface area contributed by atoms with Gasteiger partial charge in [-0.05, 0) is 40.0 Å². The van der Waals surface area contributed by atoms with Crippen molar-refractivity contribution in [2.45, 2.75) is 19.1 Å². The van der Waals surface area contributed by atoms with Crippen molar-refractivity contribution in [3.63, 3.8) is 0 Å². The first kappa shape index (κ1) is 13.7. The number of ether oxygens (including phenoxy) is 1. The van der Waals surface area contributed by atoms with Crippen molar-refractivity contribution in [3.05, 3.63) is 28.2 Å². The third-order valence-corrected chi connectivity index (χ3v) is 4.12. The normalized spacial score (nSPS) is 14.2. The van der Waals surface area contributed by atoms with E-state index in [4.69, 9.17) is 4.74 Å². The first-order chi connectivity index (χ1) is 8.79. The third-order valence-electron chi connectivity index (χ3n) is 2.48. The Labute approximate surface area is 121 Å². The largest absolute Gasteiger partial charge is 0.492 e. The summed E-state index contributed by atoms with van der Waals surface area (Å²) < 4.78 is 6.65. The van der Waals surface area contributed by atoms with Crippen LogP contribution in [0.25, 0.3) is 0 Å². The summed E-state index contributed by atoms with van der Waals surface area (Å²) in [6.07, 6.45) is 1.02. The van der Waals surface area contributed by atoms with E-state index >= 15 is 0 Å². The molecule has 1 aliphatic rings. The number of benzene rings is 1. The average molecular weight is 329 g/mol. The van der Waals surface area contributed by atoms with Crippen molar-refractivity contribution >= 4 is 32.9 Å². The topological polar surface area (TPSA) is 33.6 Å². The van der Waals surface area contributed by atoms with E-state index in [0.717, 1.165) is 47.3 Å². The summed E-state index contributed by atoms with van der Waals surface area (Å²) in [5.41, 5.74) is 1.27. The van der Waals surface area contributed by atoms with Crippen LogP contribution in [0.3, 0.4) is 0 Å². The minimum absolute atomic E-state index is 0.757. The summed E-state index contributed by atoms with van der Waals surface area (Å²) in [4.78, 5) is 4.36. The van der Waals surface area contributed by atoms with Crippen molar-refractivity contribution in [1.82, 2.24) is 5.32 Å². The van der Waals surface area contributed by atoms with E-state index in [0.29, 0.717) is 0 Å². The van der Waals surface area contributed by atoms with Crippen LogP contribution in [0.2, 0.25) is 0 Å². The van der Waals surface area contributed by atoms with E-state index in [-0.39, 0.29) is 0 Å². The van der Waals surface area contributed by atoms with Gasteiger partial charge >= 0.3 is 0 Å². The molecule has 3 nitrogen and oxygen atoms in total. The molecule has 0 atom stereocenters. The molecule has 98 valence electrons. The van der Waals surface area contributed by atoms with Gasteiger partial charge in [-0.1, -0.05) is 24.8 Å². The maximum absolute atomic E-state index is 5.63. The highest BCUT2D eigenvalue weighted by molar-refractivity contribution is 9.10. The maximum Gasteiger partial charge on any atom is 0.157 e. The quantitative estimate of drug-likeness (QED) is 0.899. The van der Waals surface area contributed by atoms with Crippen molar-refractivity contribution in [2.75, 3.05) is 19.7 Å². The van der Waals surface area contributed by atoms with Crippen molar-refractivity contribution < 1.29 is 4.74 Å². The van der Waals surface area contributed by atoms with Gasteiger partial charge in [0.2, 0.25) is 0 Å². The van der Waals surface area contributed by atoms with Crippen LogP contribution in [0.1, 0.15) is 18.9 Å². The molecule has 0 spiro atoms. The third kappa shape index (κ3) is 3.92. The summed E-state index contributed by atoms with van der Waals surface area (Å²) >= 11 is 5.30. The molecule has 1 aromatic carbocycles. The second-order valence-corrected chi connectivity index (χ2v) is 5.83. The second kappa shape index (κ2) is 7.04. The number of aliphatic imine (C=N–C) groups is 1. The van der Waals surface area contributed by atoms with Crippen LogP contribution in [0.15, 0.2) is 27.7 Å². The van der Waals surface area contributed by atoms with Crippen LogP contribution in [0, 0.1) is 0 Å². The minimum atomic E-state index is 0.757.